The van der Waals surface area contributed by atoms with Gasteiger partial charge >= 0.3 is 0 Å². The number of hydrogen-bond donors (Lipinski definition) is 1. The van der Waals surface area contributed by atoms with E-state index in [1.165, 1.54) is 0 Å². The lowest BCUT2D eigenvalue weighted by Crippen LogP contribution is -2.26. The zero-order valence-electron chi connectivity index (χ0n) is 10.5. The Balaban J connectivity index is 2.25. The van der Waals surface area contributed by atoms with Crippen LogP contribution in [-0.4, -0.2) is 16.5 Å². The molecule has 0 fully saturated rings. The SMILES string of the molecule is CC(C)(CN)Cc1nccc(-c2ccc(Br)s2)n1. The van der Waals surface area contributed by atoms with Gasteiger partial charge in [0.2, 0.25) is 0 Å². The molecular weight excluding hydrogens is 310 g/mol. The van der Waals surface area contributed by atoms with Gasteiger partial charge in [0.05, 0.1) is 14.4 Å². The molecule has 2 N–H and O–H groups in total. The van der Waals surface area contributed by atoms with Gasteiger partial charge in [-0.05, 0) is 46.1 Å². The van der Waals surface area contributed by atoms with E-state index >= 15 is 0 Å². The first-order chi connectivity index (χ1) is 8.50. The predicted molar refractivity (Wildman–Crippen MR) is 79.6 cm³/mol. The Kier molecular flexibility index (Phi) is 4.14. The highest BCUT2D eigenvalue weighted by atomic mass is 79.9. The Bertz CT molecular complexity index is 537. The summed E-state index contributed by atoms with van der Waals surface area (Å²) in [5.74, 6) is 0.854. The fraction of sp³-hybridized carbons (Fsp3) is 0.385. The largest absolute Gasteiger partial charge is 0.330 e. The van der Waals surface area contributed by atoms with E-state index in [1.54, 1.807) is 11.3 Å². The molecule has 0 aliphatic carbocycles. The summed E-state index contributed by atoms with van der Waals surface area (Å²) in [6.45, 7) is 4.89. The number of nitrogens with zero attached hydrogens (tertiary/aromatic N) is 2. The average Bonchev–Trinajstić information content (AvgIpc) is 2.76. The van der Waals surface area contributed by atoms with E-state index in [9.17, 15) is 0 Å². The van der Waals surface area contributed by atoms with Crippen molar-refractivity contribution in [1.29, 1.82) is 0 Å². The molecule has 0 radical (unpaired) electrons. The third-order valence-corrected chi connectivity index (χ3v) is 4.37. The summed E-state index contributed by atoms with van der Waals surface area (Å²) < 4.78 is 1.11. The van der Waals surface area contributed by atoms with Crippen molar-refractivity contribution in [2.24, 2.45) is 11.1 Å². The minimum atomic E-state index is 0.0364. The van der Waals surface area contributed by atoms with Crippen molar-refractivity contribution in [2.75, 3.05) is 6.54 Å². The standard InChI is InChI=1S/C13H16BrN3S/c1-13(2,8-15)7-12-16-6-5-9(17-12)10-3-4-11(14)18-10/h3-6H,7-8,15H2,1-2H3. The summed E-state index contributed by atoms with van der Waals surface area (Å²) in [6.07, 6.45) is 2.61. The number of hydrogen-bond acceptors (Lipinski definition) is 4. The van der Waals surface area contributed by atoms with Crippen molar-refractivity contribution in [3.63, 3.8) is 0 Å². The smallest absolute Gasteiger partial charge is 0.129 e. The van der Waals surface area contributed by atoms with Crippen LogP contribution in [0.15, 0.2) is 28.2 Å². The summed E-state index contributed by atoms with van der Waals surface area (Å²) >= 11 is 5.14. The highest BCUT2D eigenvalue weighted by Gasteiger charge is 2.18. The molecule has 0 aromatic carbocycles. The molecule has 0 spiro atoms. The van der Waals surface area contributed by atoms with E-state index in [2.05, 4.69) is 45.8 Å². The Hall–Kier alpha value is -0.780. The lowest BCUT2D eigenvalue weighted by molar-refractivity contribution is 0.368. The Morgan fingerprint density at radius 1 is 1.33 bits per heavy atom. The minimum absolute atomic E-state index is 0.0364. The topological polar surface area (TPSA) is 51.8 Å². The molecule has 0 saturated carbocycles. The van der Waals surface area contributed by atoms with E-state index in [4.69, 9.17) is 5.73 Å². The molecule has 2 heterocycles. The molecule has 2 aromatic rings. The van der Waals surface area contributed by atoms with Crippen molar-refractivity contribution in [1.82, 2.24) is 9.97 Å². The van der Waals surface area contributed by atoms with Gasteiger partial charge in [-0.1, -0.05) is 13.8 Å². The van der Waals surface area contributed by atoms with E-state index in [-0.39, 0.29) is 5.41 Å². The van der Waals surface area contributed by atoms with E-state index in [1.807, 2.05) is 18.3 Å². The fourth-order valence-electron chi connectivity index (χ4n) is 1.57. The summed E-state index contributed by atoms with van der Waals surface area (Å²) in [5, 5.41) is 0. The lowest BCUT2D eigenvalue weighted by atomic mass is 9.89. The van der Waals surface area contributed by atoms with Crippen molar-refractivity contribution in [3.8, 4) is 10.6 Å². The van der Waals surface area contributed by atoms with Crippen LogP contribution in [0, 0.1) is 5.41 Å². The second-order valence-corrected chi connectivity index (χ2v) is 7.47. The molecule has 2 aromatic heterocycles. The van der Waals surface area contributed by atoms with Crippen LogP contribution >= 0.6 is 27.3 Å². The molecular formula is C13H16BrN3S. The van der Waals surface area contributed by atoms with Crippen molar-refractivity contribution in [2.45, 2.75) is 20.3 Å². The van der Waals surface area contributed by atoms with Crippen LogP contribution in [0.25, 0.3) is 10.6 Å². The molecule has 18 heavy (non-hydrogen) atoms. The van der Waals surface area contributed by atoms with E-state index in [0.717, 1.165) is 26.6 Å². The average molecular weight is 326 g/mol. The van der Waals surface area contributed by atoms with Gasteiger partial charge in [-0.25, -0.2) is 9.97 Å². The van der Waals surface area contributed by atoms with E-state index < -0.39 is 0 Å². The second kappa shape index (κ2) is 5.47. The molecule has 3 nitrogen and oxygen atoms in total. The summed E-state index contributed by atoms with van der Waals surface area (Å²) in [5.41, 5.74) is 6.76. The van der Waals surface area contributed by atoms with Crippen molar-refractivity contribution in [3.05, 3.63) is 34.0 Å². The molecule has 0 saturated heterocycles. The molecule has 5 heteroatoms. The highest BCUT2D eigenvalue weighted by molar-refractivity contribution is 9.11. The normalized spacial score (nSPS) is 11.8. The van der Waals surface area contributed by atoms with Gasteiger partial charge in [0.1, 0.15) is 5.82 Å². The molecule has 0 atom stereocenters. The lowest BCUT2D eigenvalue weighted by Gasteiger charge is -2.20. The quantitative estimate of drug-likeness (QED) is 0.936. The third-order valence-electron chi connectivity index (χ3n) is 2.72. The first-order valence-corrected chi connectivity index (χ1v) is 7.39. The molecule has 0 aliphatic rings. The summed E-state index contributed by atoms with van der Waals surface area (Å²) in [6, 6.07) is 6.04. The monoisotopic (exact) mass is 325 g/mol. The Labute approximate surface area is 120 Å². The zero-order chi connectivity index (χ0) is 13.2. The van der Waals surface area contributed by atoms with Crippen molar-refractivity contribution >= 4 is 27.3 Å². The second-order valence-electron chi connectivity index (χ2n) is 5.01. The van der Waals surface area contributed by atoms with Crippen LogP contribution in [-0.2, 0) is 6.42 Å². The number of thiophene rings is 1. The first kappa shape index (κ1) is 13.6. The minimum Gasteiger partial charge on any atom is -0.330 e. The van der Waals surface area contributed by atoms with Gasteiger partial charge in [-0.2, -0.15) is 0 Å². The van der Waals surface area contributed by atoms with Gasteiger partial charge in [-0.3, -0.25) is 0 Å². The number of rotatable bonds is 4. The maximum atomic E-state index is 5.75. The molecule has 2 rings (SSSR count). The van der Waals surface area contributed by atoms with Gasteiger partial charge in [0.15, 0.2) is 0 Å². The zero-order valence-corrected chi connectivity index (χ0v) is 12.9. The number of halogens is 1. The maximum absolute atomic E-state index is 5.75. The molecule has 0 unspecified atom stereocenters. The highest BCUT2D eigenvalue weighted by Crippen LogP contribution is 2.30. The van der Waals surface area contributed by atoms with Crippen molar-refractivity contribution < 1.29 is 0 Å². The fourth-order valence-corrected chi connectivity index (χ4v) is 2.93. The molecule has 96 valence electrons. The molecule has 0 bridgehead atoms. The third kappa shape index (κ3) is 3.37. The number of nitrogens with two attached hydrogens (primary N) is 1. The van der Waals surface area contributed by atoms with Gasteiger partial charge in [-0.15, -0.1) is 11.3 Å². The van der Waals surface area contributed by atoms with Crippen LogP contribution in [0.3, 0.4) is 0 Å². The first-order valence-electron chi connectivity index (χ1n) is 5.78. The van der Waals surface area contributed by atoms with Crippen LogP contribution < -0.4 is 5.73 Å². The molecule has 0 amide bonds. The predicted octanol–water partition coefficient (Wildman–Crippen LogP) is 3.50. The Morgan fingerprint density at radius 2 is 2.11 bits per heavy atom. The summed E-state index contributed by atoms with van der Waals surface area (Å²) in [7, 11) is 0. The van der Waals surface area contributed by atoms with E-state index in [0.29, 0.717) is 6.54 Å². The van der Waals surface area contributed by atoms with Gasteiger partial charge < -0.3 is 5.73 Å². The van der Waals surface area contributed by atoms with Gasteiger partial charge in [0, 0.05) is 12.6 Å². The van der Waals surface area contributed by atoms with Crippen LogP contribution in [0.4, 0.5) is 0 Å². The maximum Gasteiger partial charge on any atom is 0.129 e. The van der Waals surface area contributed by atoms with Crippen LogP contribution in [0.1, 0.15) is 19.7 Å². The Morgan fingerprint density at radius 3 is 2.72 bits per heavy atom. The molecule has 0 aliphatic heterocycles. The van der Waals surface area contributed by atoms with Crippen LogP contribution in [0.2, 0.25) is 0 Å². The van der Waals surface area contributed by atoms with Gasteiger partial charge in [0.25, 0.3) is 0 Å². The number of aromatic nitrogens is 2. The van der Waals surface area contributed by atoms with Crippen LogP contribution in [0.5, 0.6) is 0 Å². The summed E-state index contributed by atoms with van der Waals surface area (Å²) in [4.78, 5) is 10.1.